The van der Waals surface area contributed by atoms with E-state index in [4.69, 9.17) is 0 Å². The highest BCUT2D eigenvalue weighted by Crippen LogP contribution is 2.58. The van der Waals surface area contributed by atoms with Crippen molar-refractivity contribution in [3.8, 4) is 0 Å². The first-order valence-electron chi connectivity index (χ1n) is 8.68. The zero-order valence-electron chi connectivity index (χ0n) is 14.9. The second-order valence-electron chi connectivity index (χ2n) is 7.52. The van der Waals surface area contributed by atoms with Gasteiger partial charge >= 0.3 is 0 Å². The third-order valence-electron chi connectivity index (χ3n) is 5.48. The molecule has 0 aromatic heterocycles. The van der Waals surface area contributed by atoms with Crippen molar-refractivity contribution in [2.24, 2.45) is 5.92 Å². The van der Waals surface area contributed by atoms with Gasteiger partial charge in [0, 0.05) is 18.2 Å². The summed E-state index contributed by atoms with van der Waals surface area (Å²) in [5.41, 5.74) is 4.93. The lowest BCUT2D eigenvalue weighted by atomic mass is 9.89. The van der Waals surface area contributed by atoms with E-state index in [9.17, 15) is 8.42 Å². The first-order valence-corrected chi connectivity index (χ1v) is 10.1. The molecule has 2 aromatic rings. The number of allylic oxidation sites excluding steroid dienone is 1. The molecule has 25 heavy (non-hydrogen) atoms. The number of aryl methyl sites for hydroxylation is 3. The molecule has 0 bridgehead atoms. The lowest BCUT2D eigenvalue weighted by Gasteiger charge is -2.27. The Labute approximate surface area is 150 Å². The van der Waals surface area contributed by atoms with Crippen molar-refractivity contribution in [2.75, 3.05) is 6.54 Å². The number of hydrogen-bond donors (Lipinski definition) is 0. The lowest BCUT2D eigenvalue weighted by Crippen LogP contribution is -2.33. The number of rotatable bonds is 3. The molecule has 0 N–H and O–H groups in total. The summed E-state index contributed by atoms with van der Waals surface area (Å²) in [5.74, 6) is 0.360. The second-order valence-corrected chi connectivity index (χ2v) is 9.41. The van der Waals surface area contributed by atoms with E-state index in [0.29, 0.717) is 17.4 Å². The molecule has 1 saturated carbocycles. The maximum Gasteiger partial charge on any atom is 0.263 e. The molecule has 3 nitrogen and oxygen atoms in total. The Bertz CT molecular complexity index is 940. The van der Waals surface area contributed by atoms with Crippen molar-refractivity contribution in [2.45, 2.75) is 37.5 Å². The molecule has 0 saturated heterocycles. The summed E-state index contributed by atoms with van der Waals surface area (Å²) in [6.07, 6.45) is 4.89. The van der Waals surface area contributed by atoms with Gasteiger partial charge < -0.3 is 0 Å². The maximum atomic E-state index is 12.9. The lowest BCUT2D eigenvalue weighted by molar-refractivity contribution is 0.451. The third kappa shape index (κ3) is 2.69. The smallest absolute Gasteiger partial charge is 0.263 e. The predicted octanol–water partition coefficient (Wildman–Crippen LogP) is 4.09. The first kappa shape index (κ1) is 16.4. The molecule has 1 aliphatic heterocycles. The van der Waals surface area contributed by atoms with Crippen LogP contribution in [0.4, 0.5) is 0 Å². The van der Waals surface area contributed by atoms with E-state index in [0.717, 1.165) is 12.0 Å². The van der Waals surface area contributed by atoms with Gasteiger partial charge in [0.05, 0.1) is 4.90 Å². The van der Waals surface area contributed by atoms with Crippen LogP contribution in [0.2, 0.25) is 0 Å². The molecule has 0 spiro atoms. The Morgan fingerprint density at radius 1 is 0.960 bits per heavy atom. The summed E-state index contributed by atoms with van der Waals surface area (Å²) in [7, 11) is -3.46. The molecule has 1 heterocycles. The Kier molecular flexibility index (Phi) is 3.58. The minimum atomic E-state index is -3.46. The molecular formula is C21H23NO2S. The Morgan fingerprint density at radius 3 is 2.20 bits per heavy atom. The van der Waals surface area contributed by atoms with Crippen LogP contribution in [-0.2, 0) is 15.4 Å². The van der Waals surface area contributed by atoms with Crippen LogP contribution < -0.4 is 0 Å². The van der Waals surface area contributed by atoms with Crippen LogP contribution in [0.25, 0.3) is 0 Å². The molecule has 2 aromatic carbocycles. The fourth-order valence-electron chi connectivity index (χ4n) is 3.99. The zero-order chi connectivity index (χ0) is 17.8. The highest BCUT2D eigenvalue weighted by atomic mass is 32.2. The molecule has 0 radical (unpaired) electrons. The summed E-state index contributed by atoms with van der Waals surface area (Å²) < 4.78 is 27.3. The van der Waals surface area contributed by atoms with Gasteiger partial charge in [0.15, 0.2) is 0 Å². The SMILES string of the molecule is Cc1ccc(S(=O)(=O)N2C=CC3(c4cc(C)cc(C)c4)CC3C2)cc1. The van der Waals surface area contributed by atoms with Gasteiger partial charge in [-0.1, -0.05) is 53.1 Å². The highest BCUT2D eigenvalue weighted by Gasteiger charge is 2.56. The molecule has 130 valence electrons. The van der Waals surface area contributed by atoms with E-state index in [1.165, 1.54) is 21.0 Å². The fraction of sp³-hybridized carbons (Fsp3) is 0.333. The van der Waals surface area contributed by atoms with Gasteiger partial charge in [-0.05, 0) is 50.8 Å². The molecule has 1 aliphatic carbocycles. The number of benzene rings is 2. The maximum absolute atomic E-state index is 12.9. The van der Waals surface area contributed by atoms with Gasteiger partial charge in [0.2, 0.25) is 0 Å². The quantitative estimate of drug-likeness (QED) is 0.833. The Morgan fingerprint density at radius 2 is 1.60 bits per heavy atom. The summed E-state index contributed by atoms with van der Waals surface area (Å²) in [6.45, 7) is 6.75. The normalized spacial score (nSPS) is 24.9. The van der Waals surface area contributed by atoms with Crippen LogP contribution in [0.5, 0.6) is 0 Å². The standard InChI is InChI=1S/C21H23NO2S/c1-15-4-6-20(7-5-15)25(23,24)22-9-8-21(13-19(21)14-22)18-11-16(2)10-17(3)12-18/h4-12,19H,13-14H2,1-3H3. The van der Waals surface area contributed by atoms with Crippen LogP contribution in [0, 0.1) is 26.7 Å². The van der Waals surface area contributed by atoms with Crippen LogP contribution in [0.1, 0.15) is 28.7 Å². The average Bonchev–Trinajstić information content (AvgIpc) is 3.29. The van der Waals surface area contributed by atoms with Crippen LogP contribution >= 0.6 is 0 Å². The summed E-state index contributed by atoms with van der Waals surface area (Å²) >= 11 is 0. The topological polar surface area (TPSA) is 37.4 Å². The molecule has 4 heteroatoms. The number of sulfonamides is 1. The van der Waals surface area contributed by atoms with Crippen LogP contribution in [0.3, 0.4) is 0 Å². The summed E-state index contributed by atoms with van der Waals surface area (Å²) in [4.78, 5) is 0.363. The van der Waals surface area contributed by atoms with Gasteiger partial charge in [0.25, 0.3) is 10.0 Å². The van der Waals surface area contributed by atoms with Gasteiger partial charge in [0.1, 0.15) is 0 Å². The van der Waals surface area contributed by atoms with Gasteiger partial charge in [-0.3, -0.25) is 4.31 Å². The molecule has 2 unspecified atom stereocenters. The number of nitrogens with zero attached hydrogens (tertiary/aromatic N) is 1. The largest absolute Gasteiger partial charge is 0.273 e. The van der Waals surface area contributed by atoms with Crippen molar-refractivity contribution in [3.63, 3.8) is 0 Å². The molecule has 0 amide bonds. The first-order chi connectivity index (χ1) is 11.8. The van der Waals surface area contributed by atoms with Crippen molar-refractivity contribution < 1.29 is 8.42 Å². The third-order valence-corrected chi connectivity index (χ3v) is 7.23. The monoisotopic (exact) mass is 353 g/mol. The molecule has 1 fully saturated rings. The Balaban J connectivity index is 1.64. The van der Waals surface area contributed by atoms with Crippen LogP contribution in [0.15, 0.2) is 59.6 Å². The predicted molar refractivity (Wildman–Crippen MR) is 99.9 cm³/mol. The van der Waals surface area contributed by atoms with E-state index in [1.807, 2.05) is 19.1 Å². The van der Waals surface area contributed by atoms with E-state index in [1.54, 1.807) is 18.3 Å². The minimum Gasteiger partial charge on any atom is -0.273 e. The number of hydrogen-bond acceptors (Lipinski definition) is 2. The van der Waals surface area contributed by atoms with Crippen LogP contribution in [-0.4, -0.2) is 19.3 Å². The molecule has 2 atom stereocenters. The second kappa shape index (κ2) is 5.46. The van der Waals surface area contributed by atoms with Gasteiger partial charge in [-0.15, -0.1) is 0 Å². The molecule has 4 rings (SSSR count). The highest BCUT2D eigenvalue weighted by molar-refractivity contribution is 7.89. The molecule has 2 aliphatic rings. The summed E-state index contributed by atoms with van der Waals surface area (Å²) in [6, 6.07) is 13.7. The van der Waals surface area contributed by atoms with Crippen molar-refractivity contribution in [1.29, 1.82) is 0 Å². The zero-order valence-corrected chi connectivity index (χ0v) is 15.7. The molecular weight excluding hydrogens is 330 g/mol. The van der Waals surface area contributed by atoms with Gasteiger partial charge in [-0.2, -0.15) is 0 Å². The minimum absolute atomic E-state index is 0.0239. The van der Waals surface area contributed by atoms with Crippen molar-refractivity contribution in [3.05, 3.63) is 77.0 Å². The van der Waals surface area contributed by atoms with Crippen molar-refractivity contribution in [1.82, 2.24) is 4.31 Å². The number of fused-ring (bicyclic) bond motifs is 1. The van der Waals surface area contributed by atoms with E-state index in [-0.39, 0.29) is 5.41 Å². The fourth-order valence-corrected chi connectivity index (χ4v) is 5.34. The van der Waals surface area contributed by atoms with Gasteiger partial charge in [-0.25, -0.2) is 8.42 Å². The van der Waals surface area contributed by atoms with E-state index < -0.39 is 10.0 Å². The van der Waals surface area contributed by atoms with E-state index >= 15 is 0 Å². The van der Waals surface area contributed by atoms with E-state index in [2.05, 4.69) is 38.1 Å². The Hall–Kier alpha value is -2.07. The van der Waals surface area contributed by atoms with Crippen molar-refractivity contribution >= 4 is 10.0 Å². The average molecular weight is 353 g/mol. The summed E-state index contributed by atoms with van der Waals surface area (Å²) in [5, 5.41) is 0.